The van der Waals surface area contributed by atoms with Crippen LogP contribution in [0.3, 0.4) is 0 Å². The number of alkyl halides is 3. The normalized spacial score (nSPS) is 27.4. The molecule has 1 fully saturated rings. The van der Waals surface area contributed by atoms with Gasteiger partial charge in [-0.05, 0) is 37.5 Å². The zero-order valence-electron chi connectivity index (χ0n) is 12.8. The highest BCUT2D eigenvalue weighted by atomic mass is 19.4. The van der Waals surface area contributed by atoms with Gasteiger partial charge in [0.1, 0.15) is 5.75 Å². The molecule has 3 rings (SSSR count). The van der Waals surface area contributed by atoms with Crippen LogP contribution in [0, 0.1) is 5.92 Å². The van der Waals surface area contributed by atoms with E-state index in [4.69, 9.17) is 0 Å². The molecule has 1 aromatic rings. The van der Waals surface area contributed by atoms with Crippen LogP contribution < -0.4 is 0 Å². The second-order valence-electron chi connectivity index (χ2n) is 6.13. The monoisotopic (exact) mass is 342 g/mol. The molecule has 2 N–H and O–H groups in total. The Morgan fingerprint density at radius 3 is 2.71 bits per heavy atom. The number of rotatable bonds is 1. The van der Waals surface area contributed by atoms with Crippen molar-refractivity contribution < 1.29 is 28.2 Å². The highest BCUT2D eigenvalue weighted by molar-refractivity contribution is 5.99. The highest BCUT2D eigenvalue weighted by Gasteiger charge is 2.68. The molecule has 0 radical (unpaired) electrons. The van der Waals surface area contributed by atoms with Crippen LogP contribution in [0.4, 0.5) is 13.2 Å². The van der Waals surface area contributed by atoms with Gasteiger partial charge in [-0.2, -0.15) is 23.3 Å². The zero-order chi connectivity index (χ0) is 17.5. The molecule has 1 aliphatic carbocycles. The Morgan fingerprint density at radius 1 is 1.29 bits per heavy atom. The average Bonchev–Trinajstić information content (AvgIpc) is 2.68. The van der Waals surface area contributed by atoms with Crippen LogP contribution in [-0.4, -0.2) is 38.7 Å². The Hall–Kier alpha value is -2.09. The van der Waals surface area contributed by atoms with E-state index in [2.05, 4.69) is 5.10 Å². The largest absolute Gasteiger partial charge is 0.508 e. The van der Waals surface area contributed by atoms with Gasteiger partial charge >= 0.3 is 6.18 Å². The number of fused-ring (bicyclic) bond motifs is 1. The van der Waals surface area contributed by atoms with E-state index in [0.717, 1.165) is 12.5 Å². The quantitative estimate of drug-likeness (QED) is 0.824. The minimum Gasteiger partial charge on any atom is -0.508 e. The van der Waals surface area contributed by atoms with Crippen molar-refractivity contribution in [3.05, 3.63) is 29.8 Å². The molecule has 1 heterocycles. The van der Waals surface area contributed by atoms with E-state index in [1.54, 1.807) is 0 Å². The van der Waals surface area contributed by atoms with Gasteiger partial charge in [0.15, 0.2) is 0 Å². The molecule has 0 unspecified atom stereocenters. The summed E-state index contributed by atoms with van der Waals surface area (Å²) in [6.45, 7) is 0. The minimum absolute atomic E-state index is 0.124. The molecule has 1 amide bonds. The van der Waals surface area contributed by atoms with Crippen LogP contribution in [0.2, 0.25) is 0 Å². The summed E-state index contributed by atoms with van der Waals surface area (Å²) in [6, 6.07) is 4.96. The van der Waals surface area contributed by atoms with Crippen molar-refractivity contribution in [2.75, 3.05) is 0 Å². The van der Waals surface area contributed by atoms with E-state index in [1.165, 1.54) is 18.2 Å². The summed E-state index contributed by atoms with van der Waals surface area (Å²) in [5.74, 6) is -2.59. The van der Waals surface area contributed by atoms with Gasteiger partial charge in [0.25, 0.3) is 11.6 Å². The number of carbonyl (C=O) groups excluding carboxylic acids is 1. The molecule has 8 heteroatoms. The van der Waals surface area contributed by atoms with Crippen LogP contribution in [0.25, 0.3) is 0 Å². The Kier molecular flexibility index (Phi) is 4.03. The predicted molar refractivity (Wildman–Crippen MR) is 79.3 cm³/mol. The van der Waals surface area contributed by atoms with Crippen molar-refractivity contribution in [3.8, 4) is 5.75 Å². The SMILES string of the molecule is O=C(c1cccc(O)c1)N1N=C2CCCCC[C@@H]2[C@]1(O)C(F)(F)F. The lowest BCUT2D eigenvalue weighted by atomic mass is 9.87. The molecule has 1 aliphatic heterocycles. The molecule has 2 atom stereocenters. The molecule has 0 bridgehead atoms. The second-order valence-corrected chi connectivity index (χ2v) is 6.13. The van der Waals surface area contributed by atoms with Gasteiger partial charge in [-0.15, -0.1) is 0 Å². The molecular weight excluding hydrogens is 325 g/mol. The van der Waals surface area contributed by atoms with Crippen molar-refractivity contribution in [1.29, 1.82) is 0 Å². The molecule has 0 saturated heterocycles. The number of nitrogens with zero attached hydrogens (tertiary/aromatic N) is 2. The van der Waals surface area contributed by atoms with Gasteiger partial charge in [-0.25, -0.2) is 0 Å². The lowest BCUT2D eigenvalue weighted by Crippen LogP contribution is -2.61. The van der Waals surface area contributed by atoms with E-state index in [9.17, 15) is 28.2 Å². The van der Waals surface area contributed by atoms with Crippen LogP contribution >= 0.6 is 0 Å². The first-order valence-electron chi connectivity index (χ1n) is 7.75. The van der Waals surface area contributed by atoms with Crippen molar-refractivity contribution in [2.24, 2.45) is 11.0 Å². The number of hydrazone groups is 1. The molecule has 1 aromatic carbocycles. The number of aliphatic hydroxyl groups is 1. The fourth-order valence-corrected chi connectivity index (χ4v) is 3.36. The number of carbonyl (C=O) groups is 1. The smallest absolute Gasteiger partial charge is 0.439 e. The topological polar surface area (TPSA) is 73.1 Å². The number of phenols is 1. The molecular formula is C16H17F3N2O3. The van der Waals surface area contributed by atoms with Gasteiger partial charge in [-0.3, -0.25) is 4.79 Å². The number of hydrogen-bond donors (Lipinski definition) is 2. The van der Waals surface area contributed by atoms with Crippen molar-refractivity contribution in [3.63, 3.8) is 0 Å². The van der Waals surface area contributed by atoms with Gasteiger partial charge in [-0.1, -0.05) is 18.9 Å². The van der Waals surface area contributed by atoms with Gasteiger partial charge in [0.2, 0.25) is 0 Å². The van der Waals surface area contributed by atoms with Gasteiger partial charge in [0.05, 0.1) is 5.92 Å². The summed E-state index contributed by atoms with van der Waals surface area (Å²) in [4.78, 5) is 12.5. The van der Waals surface area contributed by atoms with Crippen LogP contribution in [0.1, 0.15) is 42.5 Å². The first-order chi connectivity index (χ1) is 11.2. The maximum atomic E-state index is 13.7. The Balaban J connectivity index is 2.05. The third-order valence-corrected chi connectivity index (χ3v) is 4.57. The van der Waals surface area contributed by atoms with Crippen LogP contribution in [-0.2, 0) is 0 Å². The standard InChI is InChI=1S/C16H17F3N2O3/c17-16(18,19)15(24)12-7-2-1-3-8-13(12)20-21(15)14(23)10-5-4-6-11(22)9-10/h4-6,9,12,22,24H,1-3,7-8H2/t12-,15-/m0/s1. The number of benzene rings is 1. The summed E-state index contributed by atoms with van der Waals surface area (Å²) < 4.78 is 41.1. The summed E-state index contributed by atoms with van der Waals surface area (Å²) in [6.07, 6.45) is -2.61. The van der Waals surface area contributed by atoms with Gasteiger partial charge in [0, 0.05) is 11.3 Å². The van der Waals surface area contributed by atoms with E-state index in [-0.39, 0.29) is 28.5 Å². The number of aromatic hydroxyl groups is 1. The lowest BCUT2D eigenvalue weighted by molar-refractivity contribution is -0.312. The Morgan fingerprint density at radius 2 is 2.04 bits per heavy atom. The first kappa shape index (κ1) is 16.8. The fourth-order valence-electron chi connectivity index (χ4n) is 3.36. The van der Waals surface area contributed by atoms with E-state index in [1.807, 2.05) is 0 Å². The Labute approximate surface area is 136 Å². The third kappa shape index (κ3) is 2.54. The maximum absolute atomic E-state index is 13.7. The molecule has 0 aromatic heterocycles. The predicted octanol–water partition coefficient (Wildman–Crippen LogP) is 3.04. The summed E-state index contributed by atoms with van der Waals surface area (Å²) in [7, 11) is 0. The molecule has 2 aliphatic rings. The maximum Gasteiger partial charge on any atom is 0.439 e. The molecule has 0 spiro atoms. The molecule has 24 heavy (non-hydrogen) atoms. The van der Waals surface area contributed by atoms with Crippen molar-refractivity contribution in [2.45, 2.75) is 44.0 Å². The Bertz CT molecular complexity index is 689. The third-order valence-electron chi connectivity index (χ3n) is 4.57. The fraction of sp³-hybridized carbons (Fsp3) is 0.500. The molecule has 130 valence electrons. The van der Waals surface area contributed by atoms with E-state index < -0.39 is 23.7 Å². The minimum atomic E-state index is -5.04. The second kappa shape index (κ2) is 5.77. The highest BCUT2D eigenvalue weighted by Crippen LogP contribution is 2.48. The number of hydrogen-bond acceptors (Lipinski definition) is 4. The number of halogens is 3. The molecule has 5 nitrogen and oxygen atoms in total. The van der Waals surface area contributed by atoms with Crippen LogP contribution in [0.5, 0.6) is 5.75 Å². The van der Waals surface area contributed by atoms with Crippen LogP contribution in [0.15, 0.2) is 29.4 Å². The first-order valence-corrected chi connectivity index (χ1v) is 7.75. The van der Waals surface area contributed by atoms with Crippen molar-refractivity contribution in [1.82, 2.24) is 5.01 Å². The lowest BCUT2D eigenvalue weighted by Gasteiger charge is -2.37. The zero-order valence-corrected chi connectivity index (χ0v) is 12.8. The van der Waals surface area contributed by atoms with Crippen molar-refractivity contribution >= 4 is 11.6 Å². The van der Waals surface area contributed by atoms with E-state index in [0.29, 0.717) is 19.3 Å². The summed E-state index contributed by atoms with van der Waals surface area (Å²) in [5, 5.41) is 23.9. The molecule has 1 saturated carbocycles. The average molecular weight is 342 g/mol. The number of phenolic OH excluding ortho intramolecular Hbond substituents is 1. The summed E-state index contributed by atoms with van der Waals surface area (Å²) in [5.41, 5.74) is -3.31. The summed E-state index contributed by atoms with van der Waals surface area (Å²) >= 11 is 0. The number of amides is 1. The van der Waals surface area contributed by atoms with E-state index >= 15 is 0 Å². The van der Waals surface area contributed by atoms with Gasteiger partial charge < -0.3 is 10.2 Å².